The van der Waals surface area contributed by atoms with Crippen molar-refractivity contribution in [2.45, 2.75) is 18.6 Å². The fourth-order valence-electron chi connectivity index (χ4n) is 2.88. The molecule has 0 radical (unpaired) electrons. The van der Waals surface area contributed by atoms with Gasteiger partial charge in [0.25, 0.3) is 5.91 Å². The standard InChI is InChI=1S/C21H20N6O3S2/c1-13-18(14-7-4-3-5-8-14)24-20(32-13)23-17(28)12-31-21-26-25-16(27(21)2)11-22-19(29)15-9-6-10-30-15/h3-10H,11-12H2,1-2H3,(H,22,29)(H,23,24,28). The molecule has 0 fully saturated rings. The van der Waals surface area contributed by atoms with Gasteiger partial charge in [-0.2, -0.15) is 0 Å². The van der Waals surface area contributed by atoms with Gasteiger partial charge in [-0.25, -0.2) is 4.98 Å². The fraction of sp³-hybridized carbons (Fsp3) is 0.190. The Labute approximate surface area is 192 Å². The number of benzene rings is 1. The Balaban J connectivity index is 1.30. The third-order valence-corrected chi connectivity index (χ3v) is 6.41. The Morgan fingerprint density at radius 3 is 2.72 bits per heavy atom. The smallest absolute Gasteiger partial charge is 0.287 e. The predicted molar refractivity (Wildman–Crippen MR) is 123 cm³/mol. The predicted octanol–water partition coefficient (Wildman–Crippen LogP) is 3.50. The molecule has 11 heteroatoms. The summed E-state index contributed by atoms with van der Waals surface area (Å²) in [6.45, 7) is 2.17. The SMILES string of the molecule is Cc1sc(NC(=O)CSc2nnc(CNC(=O)c3ccco3)n2C)nc1-c1ccccc1. The van der Waals surface area contributed by atoms with E-state index in [-0.39, 0.29) is 29.9 Å². The molecule has 0 aliphatic rings. The van der Waals surface area contributed by atoms with Gasteiger partial charge in [0.1, 0.15) is 0 Å². The third-order valence-electron chi connectivity index (χ3n) is 4.50. The van der Waals surface area contributed by atoms with Crippen molar-refractivity contribution < 1.29 is 14.0 Å². The number of aromatic nitrogens is 4. The molecule has 0 spiro atoms. The highest BCUT2D eigenvalue weighted by Crippen LogP contribution is 2.30. The van der Waals surface area contributed by atoms with E-state index in [0.29, 0.717) is 16.1 Å². The lowest BCUT2D eigenvalue weighted by molar-refractivity contribution is -0.113. The number of rotatable bonds is 8. The van der Waals surface area contributed by atoms with E-state index >= 15 is 0 Å². The maximum absolute atomic E-state index is 12.4. The first-order valence-corrected chi connectivity index (χ1v) is 11.5. The molecule has 0 saturated heterocycles. The highest BCUT2D eigenvalue weighted by molar-refractivity contribution is 7.99. The molecule has 3 heterocycles. The highest BCUT2D eigenvalue weighted by Gasteiger charge is 2.16. The minimum absolute atomic E-state index is 0.157. The molecule has 4 aromatic rings. The normalized spacial score (nSPS) is 10.8. The summed E-state index contributed by atoms with van der Waals surface area (Å²) in [6.07, 6.45) is 1.44. The molecule has 2 amide bonds. The lowest BCUT2D eigenvalue weighted by Crippen LogP contribution is -2.24. The van der Waals surface area contributed by atoms with Gasteiger partial charge >= 0.3 is 0 Å². The van der Waals surface area contributed by atoms with Gasteiger partial charge in [0.2, 0.25) is 5.91 Å². The van der Waals surface area contributed by atoms with Crippen LogP contribution in [0.5, 0.6) is 0 Å². The highest BCUT2D eigenvalue weighted by atomic mass is 32.2. The largest absolute Gasteiger partial charge is 0.459 e. The molecule has 1 aromatic carbocycles. The first-order chi connectivity index (χ1) is 15.5. The Morgan fingerprint density at radius 2 is 1.97 bits per heavy atom. The first kappa shape index (κ1) is 21.8. The molecular formula is C21H20N6O3S2. The molecule has 0 unspecified atom stereocenters. The minimum Gasteiger partial charge on any atom is -0.459 e. The van der Waals surface area contributed by atoms with E-state index in [4.69, 9.17) is 4.42 Å². The van der Waals surface area contributed by atoms with E-state index in [1.165, 1.54) is 29.4 Å². The molecule has 3 aromatic heterocycles. The summed E-state index contributed by atoms with van der Waals surface area (Å²) >= 11 is 2.70. The van der Waals surface area contributed by atoms with E-state index in [0.717, 1.165) is 16.1 Å². The van der Waals surface area contributed by atoms with Gasteiger partial charge in [-0.1, -0.05) is 42.1 Å². The Bertz CT molecular complexity index is 1220. The van der Waals surface area contributed by atoms with Crippen LogP contribution < -0.4 is 10.6 Å². The summed E-state index contributed by atoms with van der Waals surface area (Å²) in [5.74, 6) is 0.436. The number of amides is 2. The number of hydrogen-bond donors (Lipinski definition) is 2. The molecule has 0 bridgehead atoms. The average Bonchev–Trinajstić information content (AvgIpc) is 3.53. The number of thioether (sulfide) groups is 1. The molecule has 2 N–H and O–H groups in total. The van der Waals surface area contributed by atoms with Gasteiger partial charge in [-0.05, 0) is 19.1 Å². The van der Waals surface area contributed by atoms with Crippen LogP contribution in [-0.2, 0) is 18.4 Å². The molecule has 0 saturated carbocycles. The molecule has 0 aliphatic carbocycles. The zero-order valence-corrected chi connectivity index (χ0v) is 19.0. The van der Waals surface area contributed by atoms with E-state index < -0.39 is 0 Å². The Kier molecular flexibility index (Phi) is 6.66. The van der Waals surface area contributed by atoms with E-state index in [1.807, 2.05) is 37.3 Å². The van der Waals surface area contributed by atoms with Crippen LogP contribution in [0.4, 0.5) is 5.13 Å². The Morgan fingerprint density at radius 1 is 1.16 bits per heavy atom. The van der Waals surface area contributed by atoms with Gasteiger partial charge in [0.15, 0.2) is 21.9 Å². The number of carbonyl (C=O) groups is 2. The second kappa shape index (κ2) is 9.79. The zero-order chi connectivity index (χ0) is 22.5. The van der Waals surface area contributed by atoms with E-state index in [1.54, 1.807) is 23.7 Å². The van der Waals surface area contributed by atoms with E-state index in [9.17, 15) is 9.59 Å². The zero-order valence-electron chi connectivity index (χ0n) is 17.4. The van der Waals surface area contributed by atoms with Gasteiger partial charge in [-0.15, -0.1) is 21.5 Å². The number of nitrogens with zero attached hydrogens (tertiary/aromatic N) is 4. The van der Waals surface area contributed by atoms with Crippen LogP contribution in [0.1, 0.15) is 21.3 Å². The number of anilines is 1. The van der Waals surface area contributed by atoms with Gasteiger partial charge in [0.05, 0.1) is 24.3 Å². The second-order valence-corrected chi connectivity index (χ2v) is 8.89. The second-order valence-electron chi connectivity index (χ2n) is 6.74. The molecule has 0 atom stereocenters. The first-order valence-electron chi connectivity index (χ1n) is 9.66. The van der Waals surface area contributed by atoms with Crippen molar-refractivity contribution >= 4 is 40.0 Å². The molecular weight excluding hydrogens is 448 g/mol. The number of furan rings is 1. The average molecular weight is 469 g/mol. The van der Waals surface area contributed by atoms with Gasteiger partial charge in [0, 0.05) is 17.5 Å². The molecule has 32 heavy (non-hydrogen) atoms. The Hall–Kier alpha value is -3.44. The molecule has 9 nitrogen and oxygen atoms in total. The fourth-order valence-corrected chi connectivity index (χ4v) is 4.46. The van der Waals surface area contributed by atoms with Crippen LogP contribution in [0.25, 0.3) is 11.3 Å². The van der Waals surface area contributed by atoms with E-state index in [2.05, 4.69) is 25.8 Å². The number of nitrogens with one attached hydrogen (secondary N) is 2. The number of aryl methyl sites for hydroxylation is 1. The summed E-state index contributed by atoms with van der Waals surface area (Å²) in [4.78, 5) is 30.0. The van der Waals surface area contributed by atoms with Gasteiger partial charge in [-0.3, -0.25) is 9.59 Å². The number of hydrogen-bond acceptors (Lipinski definition) is 8. The van der Waals surface area contributed by atoms with Gasteiger partial charge < -0.3 is 19.6 Å². The van der Waals surface area contributed by atoms with Crippen LogP contribution in [-0.4, -0.2) is 37.3 Å². The minimum atomic E-state index is -0.333. The van der Waals surface area contributed by atoms with Crippen molar-refractivity contribution in [3.8, 4) is 11.3 Å². The van der Waals surface area contributed by atoms with Crippen molar-refractivity contribution in [3.63, 3.8) is 0 Å². The molecule has 164 valence electrons. The number of carbonyl (C=O) groups excluding carboxylic acids is 2. The van der Waals surface area contributed by atoms with Crippen molar-refractivity contribution in [3.05, 3.63) is 65.2 Å². The van der Waals surface area contributed by atoms with Crippen molar-refractivity contribution in [2.75, 3.05) is 11.1 Å². The maximum Gasteiger partial charge on any atom is 0.287 e. The van der Waals surface area contributed by atoms with Crippen LogP contribution in [0.15, 0.2) is 58.3 Å². The van der Waals surface area contributed by atoms with Crippen molar-refractivity contribution in [1.82, 2.24) is 25.1 Å². The summed E-state index contributed by atoms with van der Waals surface area (Å²) < 4.78 is 6.80. The van der Waals surface area contributed by atoms with Crippen LogP contribution in [0.3, 0.4) is 0 Å². The molecule has 4 rings (SSSR count). The third kappa shape index (κ3) is 5.06. The molecule has 0 aliphatic heterocycles. The van der Waals surface area contributed by atoms with Crippen LogP contribution >= 0.6 is 23.1 Å². The summed E-state index contributed by atoms with van der Waals surface area (Å²) in [6, 6.07) is 13.1. The van der Waals surface area contributed by atoms with Crippen LogP contribution in [0.2, 0.25) is 0 Å². The van der Waals surface area contributed by atoms with Crippen molar-refractivity contribution in [1.29, 1.82) is 0 Å². The summed E-state index contributed by atoms with van der Waals surface area (Å²) in [5.41, 5.74) is 1.88. The topological polar surface area (TPSA) is 115 Å². The van der Waals surface area contributed by atoms with Crippen LogP contribution in [0, 0.1) is 6.92 Å². The quantitative estimate of drug-likeness (QED) is 0.380. The lowest BCUT2D eigenvalue weighted by Gasteiger charge is -2.05. The van der Waals surface area contributed by atoms with Crippen molar-refractivity contribution in [2.24, 2.45) is 7.05 Å². The number of thiazole rings is 1. The lowest BCUT2D eigenvalue weighted by atomic mass is 10.1. The summed E-state index contributed by atoms with van der Waals surface area (Å²) in [7, 11) is 1.78. The maximum atomic E-state index is 12.4. The monoisotopic (exact) mass is 468 g/mol. The summed E-state index contributed by atoms with van der Waals surface area (Å²) in [5, 5.41) is 14.9.